The van der Waals surface area contributed by atoms with Crippen LogP contribution in [0.25, 0.3) is 21.9 Å². The predicted octanol–water partition coefficient (Wildman–Crippen LogP) is 3.22. The number of fused-ring (bicyclic) bond motifs is 2. The van der Waals surface area contributed by atoms with E-state index in [1.165, 1.54) is 0 Å². The Balaban J connectivity index is 1.50. The van der Waals surface area contributed by atoms with Crippen LogP contribution in [0.5, 0.6) is 0 Å². The topological polar surface area (TPSA) is 68.1 Å². The van der Waals surface area contributed by atoms with E-state index in [4.69, 9.17) is 0 Å². The van der Waals surface area contributed by atoms with Gasteiger partial charge in [0.25, 0.3) is 0 Å². The van der Waals surface area contributed by atoms with E-state index in [1.54, 1.807) is 22.6 Å². The number of aromatic nitrogens is 3. The normalized spacial score (nSPS) is 18.4. The number of rotatable bonds is 3. The maximum atomic E-state index is 13.3. The molecule has 4 aromatic rings. The Morgan fingerprint density at radius 2 is 1.81 bits per heavy atom. The van der Waals surface area contributed by atoms with Crippen LogP contribution >= 0.6 is 0 Å². The Morgan fingerprint density at radius 1 is 0.963 bits per heavy atom. The minimum Gasteiger partial charge on any atom is -0.326 e. The summed E-state index contributed by atoms with van der Waals surface area (Å²) in [5.74, 6) is 0. The molecule has 7 heteroatoms. The first kappa shape index (κ1) is 16.4. The fourth-order valence-electron chi connectivity index (χ4n) is 3.85. The Kier molecular flexibility index (Phi) is 3.73. The number of nitrogens with zero attached hydrogens (tertiary/aromatic N) is 4. The molecule has 2 aromatic heterocycles. The third kappa shape index (κ3) is 2.62. The second kappa shape index (κ2) is 6.14. The zero-order valence-electron chi connectivity index (χ0n) is 14.6. The van der Waals surface area contributed by atoms with Crippen molar-refractivity contribution < 1.29 is 8.42 Å². The van der Waals surface area contributed by atoms with Gasteiger partial charge in [0, 0.05) is 24.7 Å². The van der Waals surface area contributed by atoms with E-state index in [2.05, 4.69) is 14.5 Å². The van der Waals surface area contributed by atoms with Crippen LogP contribution in [-0.4, -0.2) is 40.3 Å². The molecule has 2 aromatic carbocycles. The van der Waals surface area contributed by atoms with Crippen LogP contribution in [0.3, 0.4) is 0 Å². The van der Waals surface area contributed by atoms with Crippen molar-refractivity contribution in [3.8, 4) is 0 Å². The third-order valence-corrected chi connectivity index (χ3v) is 7.11. The van der Waals surface area contributed by atoms with E-state index < -0.39 is 10.0 Å². The van der Waals surface area contributed by atoms with Gasteiger partial charge in [-0.15, -0.1) is 0 Å². The summed E-state index contributed by atoms with van der Waals surface area (Å²) in [5, 5.41) is 0.829. The number of hydrogen-bond donors (Lipinski definition) is 0. The van der Waals surface area contributed by atoms with Crippen molar-refractivity contribution >= 4 is 32.0 Å². The van der Waals surface area contributed by atoms with E-state index in [-0.39, 0.29) is 10.9 Å². The molecule has 0 saturated carbocycles. The average Bonchev–Trinajstić information content (AvgIpc) is 3.34. The summed E-state index contributed by atoms with van der Waals surface area (Å²) in [6.07, 6.45) is 4.20. The Morgan fingerprint density at radius 3 is 2.74 bits per heavy atom. The highest BCUT2D eigenvalue weighted by molar-refractivity contribution is 7.89. The highest BCUT2D eigenvalue weighted by Crippen LogP contribution is 2.31. The molecule has 5 rings (SSSR count). The lowest BCUT2D eigenvalue weighted by molar-refractivity contribution is 0.455. The largest absolute Gasteiger partial charge is 0.326 e. The molecular weight excluding hydrogens is 360 g/mol. The third-order valence-electron chi connectivity index (χ3n) is 5.21. The van der Waals surface area contributed by atoms with Crippen LogP contribution in [0.4, 0.5) is 0 Å². The number of sulfonamides is 1. The molecule has 0 N–H and O–H groups in total. The summed E-state index contributed by atoms with van der Waals surface area (Å²) in [4.78, 5) is 9.02. The summed E-state index contributed by atoms with van der Waals surface area (Å²) >= 11 is 0. The Labute approximate surface area is 157 Å². The molecule has 0 bridgehead atoms. The fraction of sp³-hybridized carbons (Fsp3) is 0.200. The van der Waals surface area contributed by atoms with E-state index in [1.807, 2.05) is 48.8 Å². The lowest BCUT2D eigenvalue weighted by Crippen LogP contribution is -2.29. The van der Waals surface area contributed by atoms with E-state index in [0.717, 1.165) is 22.8 Å². The van der Waals surface area contributed by atoms with Gasteiger partial charge in [-0.2, -0.15) is 4.31 Å². The number of imidazole rings is 1. The first-order valence-corrected chi connectivity index (χ1v) is 10.3. The molecular formula is C20H18N4O2S. The summed E-state index contributed by atoms with van der Waals surface area (Å²) in [5.41, 5.74) is 2.49. The van der Waals surface area contributed by atoms with Crippen molar-refractivity contribution in [1.29, 1.82) is 0 Å². The molecule has 0 spiro atoms. The summed E-state index contributed by atoms with van der Waals surface area (Å²) in [6, 6.07) is 17.0. The summed E-state index contributed by atoms with van der Waals surface area (Å²) < 4.78 is 30.2. The average molecular weight is 378 g/mol. The van der Waals surface area contributed by atoms with Gasteiger partial charge in [-0.05, 0) is 30.7 Å². The zero-order chi connectivity index (χ0) is 18.4. The van der Waals surface area contributed by atoms with Crippen LogP contribution in [0.1, 0.15) is 12.5 Å². The van der Waals surface area contributed by atoms with E-state index in [9.17, 15) is 8.42 Å². The Hall–Kier alpha value is -2.77. The first-order chi connectivity index (χ1) is 13.1. The number of benzene rings is 2. The van der Waals surface area contributed by atoms with Crippen molar-refractivity contribution in [3.05, 3.63) is 67.1 Å². The standard InChI is InChI=1S/C20H18N4O2S/c25-27(26,19-9-3-5-15-6-4-11-21-20(15)19)23-12-10-16(13-23)24-14-22-17-7-1-2-8-18(17)24/h1-9,11,14,16H,10,12-13H2. The number of para-hydroxylation sites is 3. The fourth-order valence-corrected chi connectivity index (χ4v) is 5.51. The van der Waals surface area contributed by atoms with Crippen molar-refractivity contribution in [3.63, 3.8) is 0 Å². The molecule has 27 heavy (non-hydrogen) atoms. The molecule has 1 saturated heterocycles. The second-order valence-corrected chi connectivity index (χ2v) is 8.68. The minimum atomic E-state index is -3.61. The van der Waals surface area contributed by atoms with E-state index >= 15 is 0 Å². The molecule has 3 heterocycles. The summed E-state index contributed by atoms with van der Waals surface area (Å²) in [7, 11) is -3.61. The van der Waals surface area contributed by atoms with Gasteiger partial charge in [0.1, 0.15) is 4.90 Å². The van der Waals surface area contributed by atoms with Gasteiger partial charge in [-0.25, -0.2) is 13.4 Å². The van der Waals surface area contributed by atoms with Crippen molar-refractivity contribution in [2.75, 3.05) is 13.1 Å². The van der Waals surface area contributed by atoms with Gasteiger partial charge in [0.15, 0.2) is 0 Å². The van der Waals surface area contributed by atoms with Gasteiger partial charge >= 0.3 is 0 Å². The molecule has 0 radical (unpaired) electrons. The molecule has 0 amide bonds. The number of pyridine rings is 1. The highest BCUT2D eigenvalue weighted by atomic mass is 32.2. The molecule has 136 valence electrons. The van der Waals surface area contributed by atoms with Crippen LogP contribution in [0, 0.1) is 0 Å². The quantitative estimate of drug-likeness (QED) is 0.549. The smallest absolute Gasteiger partial charge is 0.245 e. The molecule has 1 fully saturated rings. The van der Waals surface area contributed by atoms with Crippen LogP contribution in [0.15, 0.2) is 72.0 Å². The minimum absolute atomic E-state index is 0.0788. The van der Waals surface area contributed by atoms with E-state index in [0.29, 0.717) is 18.6 Å². The van der Waals surface area contributed by atoms with Crippen LogP contribution in [0.2, 0.25) is 0 Å². The second-order valence-electron chi connectivity index (χ2n) is 6.78. The highest BCUT2D eigenvalue weighted by Gasteiger charge is 2.34. The summed E-state index contributed by atoms with van der Waals surface area (Å²) in [6.45, 7) is 0.925. The van der Waals surface area contributed by atoms with Gasteiger partial charge < -0.3 is 4.57 Å². The lowest BCUT2D eigenvalue weighted by Gasteiger charge is -2.18. The Bertz CT molecular complexity index is 1240. The molecule has 6 nitrogen and oxygen atoms in total. The van der Waals surface area contributed by atoms with Crippen LogP contribution < -0.4 is 0 Å². The van der Waals surface area contributed by atoms with Gasteiger partial charge in [-0.3, -0.25) is 4.98 Å². The zero-order valence-corrected chi connectivity index (χ0v) is 15.4. The maximum absolute atomic E-state index is 13.3. The molecule has 0 aliphatic carbocycles. The number of hydrogen-bond acceptors (Lipinski definition) is 4. The van der Waals surface area contributed by atoms with Gasteiger partial charge in [0.05, 0.1) is 28.9 Å². The molecule has 1 unspecified atom stereocenters. The van der Waals surface area contributed by atoms with Crippen molar-refractivity contribution in [2.45, 2.75) is 17.4 Å². The maximum Gasteiger partial charge on any atom is 0.245 e. The molecule has 1 aliphatic heterocycles. The van der Waals surface area contributed by atoms with Crippen molar-refractivity contribution in [1.82, 2.24) is 18.8 Å². The predicted molar refractivity (Wildman–Crippen MR) is 104 cm³/mol. The van der Waals surface area contributed by atoms with Gasteiger partial charge in [0.2, 0.25) is 10.0 Å². The molecule has 1 aliphatic rings. The SMILES string of the molecule is O=S(=O)(c1cccc2cccnc12)N1CCC(n2cnc3ccccc32)C1. The van der Waals surface area contributed by atoms with Gasteiger partial charge in [-0.1, -0.05) is 30.3 Å². The van der Waals surface area contributed by atoms with Crippen LogP contribution in [-0.2, 0) is 10.0 Å². The first-order valence-electron chi connectivity index (χ1n) is 8.90. The molecule has 1 atom stereocenters. The lowest BCUT2D eigenvalue weighted by atomic mass is 10.2. The van der Waals surface area contributed by atoms with Crippen molar-refractivity contribution in [2.24, 2.45) is 0 Å². The monoisotopic (exact) mass is 378 g/mol.